The van der Waals surface area contributed by atoms with Crippen LogP contribution in [0.5, 0.6) is 11.5 Å². The number of hydrogen-bond donors (Lipinski definition) is 0. The van der Waals surface area contributed by atoms with Crippen LogP contribution in [0.1, 0.15) is 23.4 Å². The van der Waals surface area contributed by atoms with Gasteiger partial charge in [-0.05, 0) is 53.7 Å². The standard InChI is InChI=1S/C17H19BrN2O3S/c1-20(17-19-12-7-3-4-9-14(12)24-17)15(21)10-23-13-8-5-6-11(18)16(13)22-2/h5-6,8H,3-4,7,9-10H2,1-2H3. The van der Waals surface area contributed by atoms with Gasteiger partial charge in [-0.15, -0.1) is 11.3 Å². The molecule has 0 bridgehead atoms. The molecule has 7 heteroatoms. The van der Waals surface area contributed by atoms with Crippen LogP contribution in [0.25, 0.3) is 0 Å². The minimum Gasteiger partial charge on any atom is -0.492 e. The zero-order chi connectivity index (χ0) is 17.1. The Bertz CT molecular complexity index is 724. The molecule has 128 valence electrons. The van der Waals surface area contributed by atoms with Gasteiger partial charge < -0.3 is 9.47 Å². The predicted molar refractivity (Wildman–Crippen MR) is 98.4 cm³/mol. The van der Waals surface area contributed by atoms with E-state index >= 15 is 0 Å². The fraction of sp³-hybridized carbons (Fsp3) is 0.412. The van der Waals surface area contributed by atoms with E-state index in [4.69, 9.17) is 9.47 Å². The highest BCUT2D eigenvalue weighted by atomic mass is 79.9. The maximum absolute atomic E-state index is 12.4. The summed E-state index contributed by atoms with van der Waals surface area (Å²) in [6.45, 7) is -0.0619. The summed E-state index contributed by atoms with van der Waals surface area (Å²) >= 11 is 5.01. The number of amides is 1. The minimum atomic E-state index is -0.136. The van der Waals surface area contributed by atoms with E-state index in [1.807, 2.05) is 12.1 Å². The third kappa shape index (κ3) is 3.57. The zero-order valence-corrected chi connectivity index (χ0v) is 16.1. The van der Waals surface area contributed by atoms with Crippen molar-refractivity contribution in [1.29, 1.82) is 0 Å². The maximum Gasteiger partial charge on any atom is 0.266 e. The topological polar surface area (TPSA) is 51.7 Å². The number of rotatable bonds is 5. The number of benzene rings is 1. The van der Waals surface area contributed by atoms with Crippen LogP contribution >= 0.6 is 27.3 Å². The summed E-state index contributed by atoms with van der Waals surface area (Å²) in [5.74, 6) is 0.979. The second kappa shape index (κ2) is 7.53. The number of anilines is 1. The number of likely N-dealkylation sites (N-methyl/N-ethyl adjacent to an activating group) is 1. The lowest BCUT2D eigenvalue weighted by Gasteiger charge is -2.16. The molecule has 0 aliphatic heterocycles. The molecule has 3 rings (SSSR count). The normalized spacial score (nSPS) is 13.3. The van der Waals surface area contributed by atoms with Gasteiger partial charge in [0.2, 0.25) is 0 Å². The molecule has 0 saturated carbocycles. The number of fused-ring (bicyclic) bond motifs is 1. The van der Waals surface area contributed by atoms with Crippen molar-refractivity contribution in [3.8, 4) is 11.5 Å². The van der Waals surface area contributed by atoms with Crippen molar-refractivity contribution in [3.05, 3.63) is 33.2 Å². The Morgan fingerprint density at radius 1 is 1.38 bits per heavy atom. The highest BCUT2D eigenvalue weighted by molar-refractivity contribution is 9.10. The first kappa shape index (κ1) is 17.2. The lowest BCUT2D eigenvalue weighted by molar-refractivity contribution is -0.120. The first-order valence-corrected chi connectivity index (χ1v) is 9.41. The van der Waals surface area contributed by atoms with Crippen LogP contribution in [-0.2, 0) is 17.6 Å². The minimum absolute atomic E-state index is 0.0619. The van der Waals surface area contributed by atoms with Crippen molar-refractivity contribution in [2.45, 2.75) is 25.7 Å². The van der Waals surface area contributed by atoms with Crippen molar-refractivity contribution in [3.63, 3.8) is 0 Å². The van der Waals surface area contributed by atoms with Gasteiger partial charge in [-0.1, -0.05) is 6.07 Å². The van der Waals surface area contributed by atoms with Crippen molar-refractivity contribution in [1.82, 2.24) is 4.98 Å². The Kier molecular flexibility index (Phi) is 5.40. The Balaban J connectivity index is 1.67. The van der Waals surface area contributed by atoms with E-state index in [-0.39, 0.29) is 12.5 Å². The van der Waals surface area contributed by atoms with E-state index in [0.29, 0.717) is 11.5 Å². The van der Waals surface area contributed by atoms with E-state index in [2.05, 4.69) is 20.9 Å². The third-order valence-electron chi connectivity index (χ3n) is 3.98. The number of methoxy groups -OCH3 is 1. The van der Waals surface area contributed by atoms with Crippen molar-refractivity contribution in [2.24, 2.45) is 0 Å². The van der Waals surface area contributed by atoms with Gasteiger partial charge in [0.25, 0.3) is 5.91 Å². The lowest BCUT2D eigenvalue weighted by atomic mass is 10.0. The van der Waals surface area contributed by atoms with Crippen LogP contribution in [0.2, 0.25) is 0 Å². The molecule has 1 aliphatic carbocycles. The monoisotopic (exact) mass is 410 g/mol. The number of hydrogen-bond acceptors (Lipinski definition) is 5. The third-order valence-corrected chi connectivity index (χ3v) is 5.84. The van der Waals surface area contributed by atoms with Crippen LogP contribution in [0.15, 0.2) is 22.7 Å². The Labute approximate surface area is 153 Å². The predicted octanol–water partition coefficient (Wildman–Crippen LogP) is 3.83. The Morgan fingerprint density at radius 3 is 2.92 bits per heavy atom. The van der Waals surface area contributed by atoms with Crippen molar-refractivity contribution >= 4 is 38.3 Å². The largest absolute Gasteiger partial charge is 0.492 e. The molecule has 1 aromatic heterocycles. The summed E-state index contributed by atoms with van der Waals surface area (Å²) in [5.41, 5.74) is 1.15. The Hall–Kier alpha value is -1.60. The molecule has 0 fully saturated rings. The van der Waals surface area contributed by atoms with E-state index in [1.54, 1.807) is 36.5 Å². The first-order valence-electron chi connectivity index (χ1n) is 7.80. The number of carbonyl (C=O) groups excluding carboxylic acids is 1. The van der Waals surface area contributed by atoms with Crippen LogP contribution in [0, 0.1) is 0 Å². The fourth-order valence-electron chi connectivity index (χ4n) is 2.63. The lowest BCUT2D eigenvalue weighted by Crippen LogP contribution is -2.31. The van der Waals surface area contributed by atoms with Gasteiger partial charge in [0.15, 0.2) is 23.2 Å². The molecule has 1 aromatic carbocycles. The molecule has 0 atom stereocenters. The second-order valence-electron chi connectivity index (χ2n) is 5.59. The number of thiazole rings is 1. The fourth-order valence-corrected chi connectivity index (χ4v) is 4.26. The molecule has 1 amide bonds. The van der Waals surface area contributed by atoms with Crippen LogP contribution in [0.3, 0.4) is 0 Å². The molecule has 0 N–H and O–H groups in total. The number of nitrogens with zero attached hydrogens (tertiary/aromatic N) is 2. The van der Waals surface area contributed by atoms with Gasteiger partial charge in [0, 0.05) is 11.9 Å². The SMILES string of the molecule is COc1c(Br)cccc1OCC(=O)N(C)c1nc2c(s1)CCCC2. The van der Waals surface area contributed by atoms with Crippen molar-refractivity contribution < 1.29 is 14.3 Å². The first-order chi connectivity index (χ1) is 11.6. The number of para-hydroxylation sites is 1. The molecule has 0 spiro atoms. The molecule has 0 saturated heterocycles. The zero-order valence-electron chi connectivity index (χ0n) is 13.7. The van der Waals surface area contributed by atoms with Gasteiger partial charge in [0.1, 0.15) is 0 Å². The summed E-state index contributed by atoms with van der Waals surface area (Å²) in [4.78, 5) is 19.9. The van der Waals surface area contributed by atoms with Gasteiger partial charge >= 0.3 is 0 Å². The molecule has 0 radical (unpaired) electrons. The van der Waals surface area contributed by atoms with Crippen molar-refractivity contribution in [2.75, 3.05) is 25.7 Å². The summed E-state index contributed by atoms with van der Waals surface area (Å²) in [5, 5.41) is 0.747. The number of aromatic nitrogens is 1. The highest BCUT2D eigenvalue weighted by Crippen LogP contribution is 2.35. The van der Waals surface area contributed by atoms with Crippen LogP contribution in [0.4, 0.5) is 5.13 Å². The molecular weight excluding hydrogens is 392 g/mol. The van der Waals surface area contributed by atoms with Gasteiger partial charge in [-0.25, -0.2) is 4.98 Å². The van der Waals surface area contributed by atoms with E-state index < -0.39 is 0 Å². The molecule has 24 heavy (non-hydrogen) atoms. The quantitative estimate of drug-likeness (QED) is 0.751. The van der Waals surface area contributed by atoms with E-state index in [9.17, 15) is 4.79 Å². The summed E-state index contributed by atoms with van der Waals surface area (Å²) in [7, 11) is 3.31. The van der Waals surface area contributed by atoms with Crippen LogP contribution in [-0.4, -0.2) is 31.7 Å². The maximum atomic E-state index is 12.4. The molecule has 2 aromatic rings. The van der Waals surface area contributed by atoms with Gasteiger partial charge in [0.05, 0.1) is 17.3 Å². The number of halogens is 1. The number of ether oxygens (including phenoxy) is 2. The molecule has 5 nitrogen and oxygen atoms in total. The van der Waals surface area contributed by atoms with E-state index in [0.717, 1.165) is 28.1 Å². The number of carbonyl (C=O) groups is 1. The molecule has 1 heterocycles. The summed E-state index contributed by atoms with van der Waals surface area (Å²) < 4.78 is 11.7. The highest BCUT2D eigenvalue weighted by Gasteiger charge is 2.21. The average molecular weight is 411 g/mol. The van der Waals surface area contributed by atoms with Gasteiger partial charge in [-0.3, -0.25) is 9.69 Å². The second-order valence-corrected chi connectivity index (χ2v) is 7.50. The smallest absolute Gasteiger partial charge is 0.266 e. The summed E-state index contributed by atoms with van der Waals surface area (Å²) in [6.07, 6.45) is 4.47. The molecule has 0 unspecified atom stereocenters. The van der Waals surface area contributed by atoms with E-state index in [1.165, 1.54) is 17.7 Å². The average Bonchev–Trinajstić information content (AvgIpc) is 3.03. The Morgan fingerprint density at radius 2 is 2.17 bits per heavy atom. The molecular formula is C17H19BrN2O3S. The number of aryl methyl sites for hydroxylation is 2. The van der Waals surface area contributed by atoms with Crippen LogP contribution < -0.4 is 14.4 Å². The summed E-state index contributed by atoms with van der Waals surface area (Å²) in [6, 6.07) is 5.48. The van der Waals surface area contributed by atoms with Gasteiger partial charge in [-0.2, -0.15) is 0 Å². The molecule has 1 aliphatic rings.